The smallest absolute Gasteiger partial charge is 0.273 e. The zero-order valence-electron chi connectivity index (χ0n) is 16.4. The fraction of sp³-hybridized carbons (Fsp3) is 0.238. The molecule has 3 rings (SSSR count). The van der Waals surface area contributed by atoms with Crippen molar-refractivity contribution in [3.63, 3.8) is 0 Å². The summed E-state index contributed by atoms with van der Waals surface area (Å²) in [7, 11) is 1.42. The van der Waals surface area contributed by atoms with Crippen molar-refractivity contribution in [1.82, 2.24) is 15.9 Å². The van der Waals surface area contributed by atoms with Gasteiger partial charge in [0.25, 0.3) is 5.91 Å². The first kappa shape index (κ1) is 21.3. The Labute approximate surface area is 178 Å². The number of nitrogens with zero attached hydrogens (tertiary/aromatic N) is 2. The SMILES string of the molecule is COc1ccc(Cl)cc1C(=O)NNC(=O)CCC(=O)N1CCC(c2ccccc2)=N1. The van der Waals surface area contributed by atoms with Gasteiger partial charge >= 0.3 is 0 Å². The first-order chi connectivity index (χ1) is 14.5. The van der Waals surface area contributed by atoms with Gasteiger partial charge < -0.3 is 4.74 Å². The van der Waals surface area contributed by atoms with E-state index >= 15 is 0 Å². The van der Waals surface area contributed by atoms with Gasteiger partial charge in [-0.3, -0.25) is 25.2 Å². The van der Waals surface area contributed by atoms with Gasteiger partial charge in [-0.05, 0) is 23.8 Å². The number of carbonyl (C=O) groups is 3. The van der Waals surface area contributed by atoms with Crippen LogP contribution in [0.15, 0.2) is 53.6 Å². The number of halogens is 1. The van der Waals surface area contributed by atoms with Crippen LogP contribution in [0, 0.1) is 0 Å². The molecule has 156 valence electrons. The molecule has 1 aliphatic heterocycles. The maximum atomic E-state index is 12.3. The molecule has 2 N–H and O–H groups in total. The van der Waals surface area contributed by atoms with Crippen molar-refractivity contribution >= 4 is 35.0 Å². The van der Waals surface area contributed by atoms with Crippen LogP contribution < -0.4 is 15.6 Å². The highest BCUT2D eigenvalue weighted by molar-refractivity contribution is 6.31. The Morgan fingerprint density at radius 2 is 1.87 bits per heavy atom. The number of ether oxygens (including phenoxy) is 1. The van der Waals surface area contributed by atoms with E-state index in [0.717, 1.165) is 11.3 Å². The van der Waals surface area contributed by atoms with Gasteiger partial charge in [0.2, 0.25) is 11.8 Å². The first-order valence-electron chi connectivity index (χ1n) is 9.34. The first-order valence-corrected chi connectivity index (χ1v) is 9.71. The molecule has 0 saturated carbocycles. The van der Waals surface area contributed by atoms with Gasteiger partial charge in [-0.15, -0.1) is 0 Å². The predicted octanol–water partition coefficient (Wildman–Crippen LogP) is 2.53. The van der Waals surface area contributed by atoms with Gasteiger partial charge in [-0.2, -0.15) is 5.10 Å². The van der Waals surface area contributed by atoms with Crippen LogP contribution in [0.5, 0.6) is 5.75 Å². The second-order valence-electron chi connectivity index (χ2n) is 6.53. The lowest BCUT2D eigenvalue weighted by Crippen LogP contribution is -2.42. The van der Waals surface area contributed by atoms with Crippen molar-refractivity contribution in [2.75, 3.05) is 13.7 Å². The largest absolute Gasteiger partial charge is 0.496 e. The molecule has 0 bridgehead atoms. The van der Waals surface area contributed by atoms with Crippen molar-refractivity contribution in [3.8, 4) is 5.75 Å². The third-order valence-electron chi connectivity index (χ3n) is 4.48. The third-order valence-corrected chi connectivity index (χ3v) is 4.72. The second-order valence-corrected chi connectivity index (χ2v) is 6.96. The quantitative estimate of drug-likeness (QED) is 0.690. The lowest BCUT2D eigenvalue weighted by Gasteiger charge is -2.12. The highest BCUT2D eigenvalue weighted by atomic mass is 35.5. The van der Waals surface area contributed by atoms with Crippen LogP contribution in [0.4, 0.5) is 0 Å². The monoisotopic (exact) mass is 428 g/mol. The Morgan fingerprint density at radius 3 is 2.60 bits per heavy atom. The molecule has 8 nitrogen and oxygen atoms in total. The van der Waals surface area contributed by atoms with E-state index in [4.69, 9.17) is 16.3 Å². The summed E-state index contributed by atoms with van der Waals surface area (Å²) in [6.07, 6.45) is 0.561. The van der Waals surface area contributed by atoms with Crippen molar-refractivity contribution in [1.29, 1.82) is 0 Å². The summed E-state index contributed by atoms with van der Waals surface area (Å²) < 4.78 is 5.11. The number of methoxy groups -OCH3 is 1. The number of nitrogens with one attached hydrogen (secondary N) is 2. The van der Waals surface area contributed by atoms with Gasteiger partial charge in [-0.1, -0.05) is 41.9 Å². The van der Waals surface area contributed by atoms with E-state index in [1.807, 2.05) is 30.3 Å². The molecule has 0 spiro atoms. The number of hydrazone groups is 1. The van der Waals surface area contributed by atoms with Crippen LogP contribution in [0.3, 0.4) is 0 Å². The predicted molar refractivity (Wildman–Crippen MR) is 112 cm³/mol. The average molecular weight is 429 g/mol. The third kappa shape index (κ3) is 5.36. The number of hydrogen-bond donors (Lipinski definition) is 2. The highest BCUT2D eigenvalue weighted by Crippen LogP contribution is 2.22. The van der Waals surface area contributed by atoms with Crippen LogP contribution in [-0.2, 0) is 9.59 Å². The van der Waals surface area contributed by atoms with E-state index in [0.29, 0.717) is 23.7 Å². The molecule has 0 unspecified atom stereocenters. The zero-order valence-corrected chi connectivity index (χ0v) is 17.1. The molecule has 30 heavy (non-hydrogen) atoms. The van der Waals surface area contributed by atoms with Gasteiger partial charge in [-0.25, -0.2) is 5.01 Å². The summed E-state index contributed by atoms with van der Waals surface area (Å²) in [6, 6.07) is 14.2. The number of benzene rings is 2. The Bertz CT molecular complexity index is 978. The van der Waals surface area contributed by atoms with Crippen LogP contribution in [0.1, 0.15) is 35.2 Å². The number of amides is 3. The summed E-state index contributed by atoms with van der Waals surface area (Å²) in [5, 5.41) is 6.09. The minimum absolute atomic E-state index is 0.0201. The van der Waals surface area contributed by atoms with E-state index in [1.165, 1.54) is 18.2 Å². The average Bonchev–Trinajstić information content (AvgIpc) is 3.27. The van der Waals surface area contributed by atoms with E-state index in [-0.39, 0.29) is 24.3 Å². The van der Waals surface area contributed by atoms with Gasteiger partial charge in [0, 0.05) is 24.3 Å². The Balaban J connectivity index is 1.47. The number of carbonyl (C=O) groups excluding carboxylic acids is 3. The number of hydrogen-bond acceptors (Lipinski definition) is 5. The molecule has 2 aromatic rings. The molecule has 3 amide bonds. The molecular formula is C21H21ClN4O4. The summed E-state index contributed by atoms with van der Waals surface area (Å²) in [5.74, 6) is -1.00. The van der Waals surface area contributed by atoms with Gasteiger partial charge in [0.15, 0.2) is 0 Å². The second kappa shape index (κ2) is 9.89. The van der Waals surface area contributed by atoms with Gasteiger partial charge in [0.05, 0.1) is 24.9 Å². The molecule has 0 aromatic heterocycles. The molecule has 0 atom stereocenters. The summed E-state index contributed by atoms with van der Waals surface area (Å²) >= 11 is 5.90. The Hall–Kier alpha value is -3.39. The fourth-order valence-corrected chi connectivity index (χ4v) is 3.11. The minimum atomic E-state index is -0.578. The van der Waals surface area contributed by atoms with E-state index < -0.39 is 11.8 Å². The maximum absolute atomic E-state index is 12.3. The van der Waals surface area contributed by atoms with E-state index in [1.54, 1.807) is 12.1 Å². The topological polar surface area (TPSA) is 100 Å². The van der Waals surface area contributed by atoms with Crippen LogP contribution in [0.25, 0.3) is 0 Å². The lowest BCUT2D eigenvalue weighted by atomic mass is 10.1. The minimum Gasteiger partial charge on any atom is -0.496 e. The molecule has 0 saturated heterocycles. The van der Waals surface area contributed by atoms with Crippen LogP contribution in [-0.4, -0.2) is 42.1 Å². The summed E-state index contributed by atoms with van der Waals surface area (Å²) in [5.41, 5.74) is 6.58. The molecule has 1 heterocycles. The molecule has 9 heteroatoms. The zero-order chi connectivity index (χ0) is 21.5. The number of rotatable bonds is 6. The summed E-state index contributed by atoms with van der Waals surface area (Å²) in [6.45, 7) is 0.482. The standard InChI is InChI=1S/C21H21ClN4O4/c1-30-18-8-7-15(22)13-16(18)21(29)24-23-19(27)9-10-20(28)26-12-11-17(25-26)14-5-3-2-4-6-14/h2-8,13H,9-12H2,1H3,(H,23,27)(H,24,29). The fourth-order valence-electron chi connectivity index (χ4n) is 2.93. The Kier molecular flexibility index (Phi) is 7.03. The molecule has 0 aliphatic carbocycles. The highest BCUT2D eigenvalue weighted by Gasteiger charge is 2.22. The van der Waals surface area contributed by atoms with Crippen molar-refractivity contribution in [2.45, 2.75) is 19.3 Å². The van der Waals surface area contributed by atoms with E-state index in [9.17, 15) is 14.4 Å². The molecule has 2 aromatic carbocycles. The maximum Gasteiger partial charge on any atom is 0.273 e. The number of hydrazine groups is 1. The molecular weight excluding hydrogens is 408 g/mol. The van der Waals surface area contributed by atoms with Crippen molar-refractivity contribution in [3.05, 3.63) is 64.7 Å². The molecule has 0 radical (unpaired) electrons. The Morgan fingerprint density at radius 1 is 1.10 bits per heavy atom. The molecule has 0 fully saturated rings. The lowest BCUT2D eigenvalue weighted by molar-refractivity contribution is -0.133. The van der Waals surface area contributed by atoms with Gasteiger partial charge in [0.1, 0.15) is 5.75 Å². The van der Waals surface area contributed by atoms with Crippen molar-refractivity contribution < 1.29 is 19.1 Å². The summed E-state index contributed by atoms with van der Waals surface area (Å²) in [4.78, 5) is 36.6. The normalized spacial score (nSPS) is 12.9. The van der Waals surface area contributed by atoms with Crippen molar-refractivity contribution in [2.24, 2.45) is 5.10 Å². The van der Waals surface area contributed by atoms with Crippen LogP contribution in [0.2, 0.25) is 5.02 Å². The van der Waals surface area contributed by atoms with E-state index in [2.05, 4.69) is 16.0 Å². The molecule has 1 aliphatic rings. The van der Waals surface area contributed by atoms with Crippen LogP contribution >= 0.6 is 11.6 Å².